The second kappa shape index (κ2) is 2.51. The number of hydrogen-bond acceptors (Lipinski definition) is 3. The van der Waals surface area contributed by atoms with Gasteiger partial charge in [-0.2, -0.15) is 0 Å². The molecule has 0 aliphatic carbocycles. The van der Waals surface area contributed by atoms with Crippen molar-refractivity contribution in [3.05, 3.63) is 24.2 Å². The van der Waals surface area contributed by atoms with Gasteiger partial charge < -0.3 is 0 Å². The zero-order valence-corrected chi connectivity index (χ0v) is 6.40. The van der Waals surface area contributed by atoms with E-state index in [1.807, 2.05) is 18.4 Å². The molecule has 3 heteroatoms. The second-order valence-corrected chi connectivity index (χ2v) is 2.52. The molecule has 2 heterocycles. The maximum Gasteiger partial charge on any atom is 0.155 e. The summed E-state index contributed by atoms with van der Waals surface area (Å²) in [4.78, 5) is 9.59. The van der Waals surface area contributed by atoms with E-state index in [1.165, 1.54) is 0 Å². The van der Waals surface area contributed by atoms with E-state index < -0.39 is 0 Å². The average molecular weight is 150 g/mol. The van der Waals surface area contributed by atoms with Crippen molar-refractivity contribution in [1.82, 2.24) is 5.06 Å². The van der Waals surface area contributed by atoms with Gasteiger partial charge in [-0.25, -0.2) is 10.1 Å². The Labute approximate surface area is 65.6 Å². The number of allylic oxidation sites excluding steroid dienone is 1. The number of nitrogens with zero attached hydrogens (tertiary/aromatic N) is 2. The van der Waals surface area contributed by atoms with Crippen LogP contribution in [-0.2, 0) is 4.84 Å². The molecule has 0 saturated carbocycles. The highest BCUT2D eigenvalue weighted by molar-refractivity contribution is 5.73. The fourth-order valence-corrected chi connectivity index (χ4v) is 1.11. The van der Waals surface area contributed by atoms with E-state index in [-0.39, 0.29) is 6.10 Å². The molecule has 0 spiro atoms. The van der Waals surface area contributed by atoms with Crippen molar-refractivity contribution in [2.24, 2.45) is 4.99 Å². The zero-order chi connectivity index (χ0) is 7.68. The molecule has 0 aromatic rings. The van der Waals surface area contributed by atoms with Crippen LogP contribution in [0.15, 0.2) is 29.2 Å². The molecule has 3 nitrogen and oxygen atoms in total. The lowest BCUT2D eigenvalue weighted by Crippen LogP contribution is -2.15. The first-order valence-electron chi connectivity index (χ1n) is 3.79. The van der Waals surface area contributed by atoms with Crippen molar-refractivity contribution < 1.29 is 4.84 Å². The molecule has 0 radical (unpaired) electrons. The molecule has 0 aromatic heterocycles. The van der Waals surface area contributed by atoms with Crippen LogP contribution in [0.1, 0.15) is 13.3 Å². The molecule has 0 N–H and O–H groups in total. The summed E-state index contributed by atoms with van der Waals surface area (Å²) in [6.07, 6.45) is 8.71. The Hall–Kier alpha value is -1.09. The van der Waals surface area contributed by atoms with E-state index in [0.29, 0.717) is 0 Å². The van der Waals surface area contributed by atoms with Gasteiger partial charge in [-0.05, 0) is 18.6 Å². The quantitative estimate of drug-likeness (QED) is 0.565. The molecule has 1 atom stereocenters. The molecule has 2 rings (SSSR count). The van der Waals surface area contributed by atoms with Gasteiger partial charge in [0.05, 0.1) is 0 Å². The summed E-state index contributed by atoms with van der Waals surface area (Å²) in [5.74, 6) is 0.902. The van der Waals surface area contributed by atoms with Crippen molar-refractivity contribution in [2.75, 3.05) is 0 Å². The van der Waals surface area contributed by atoms with Crippen LogP contribution in [0.25, 0.3) is 0 Å². The van der Waals surface area contributed by atoms with E-state index >= 15 is 0 Å². The Morgan fingerprint density at radius 2 is 2.64 bits per heavy atom. The summed E-state index contributed by atoms with van der Waals surface area (Å²) < 4.78 is 0. The molecule has 0 bridgehead atoms. The van der Waals surface area contributed by atoms with E-state index in [1.54, 1.807) is 11.3 Å². The summed E-state index contributed by atoms with van der Waals surface area (Å²) in [6, 6.07) is 0. The summed E-state index contributed by atoms with van der Waals surface area (Å²) in [6.45, 7) is 2.09. The molecule has 2 aliphatic heterocycles. The van der Waals surface area contributed by atoms with Gasteiger partial charge in [0.1, 0.15) is 6.10 Å². The molecule has 11 heavy (non-hydrogen) atoms. The van der Waals surface area contributed by atoms with Crippen LogP contribution >= 0.6 is 0 Å². The minimum absolute atomic E-state index is 0.199. The molecule has 0 aromatic carbocycles. The molecule has 1 unspecified atom stereocenters. The number of fused-ring (bicyclic) bond motifs is 1. The lowest BCUT2D eigenvalue weighted by Gasteiger charge is -2.16. The third-order valence-electron chi connectivity index (χ3n) is 1.73. The van der Waals surface area contributed by atoms with Gasteiger partial charge in [0.2, 0.25) is 0 Å². The van der Waals surface area contributed by atoms with Gasteiger partial charge in [0.25, 0.3) is 0 Å². The third-order valence-corrected chi connectivity index (χ3v) is 1.73. The summed E-state index contributed by atoms with van der Waals surface area (Å²) in [5.41, 5.74) is 0. The van der Waals surface area contributed by atoms with E-state index in [2.05, 4.69) is 11.9 Å². The predicted molar refractivity (Wildman–Crippen MR) is 42.7 cm³/mol. The van der Waals surface area contributed by atoms with Crippen molar-refractivity contribution >= 4 is 6.21 Å². The average Bonchev–Trinajstić information content (AvgIpc) is 2.46. The number of rotatable bonds is 1. The molecular formula is C8H10N2O. The van der Waals surface area contributed by atoms with Crippen LogP contribution in [0.2, 0.25) is 0 Å². The number of aliphatic imine (C=N–C) groups is 1. The molecule has 2 aliphatic rings. The minimum Gasteiger partial charge on any atom is -0.260 e. The first kappa shape index (κ1) is 6.61. The third kappa shape index (κ3) is 1.07. The second-order valence-electron chi connectivity index (χ2n) is 2.52. The molecule has 0 saturated heterocycles. The number of hydroxylamine groups is 2. The lowest BCUT2D eigenvalue weighted by molar-refractivity contribution is -0.102. The normalized spacial score (nSPS) is 27.2. The van der Waals surface area contributed by atoms with Gasteiger partial charge >= 0.3 is 0 Å². The van der Waals surface area contributed by atoms with Gasteiger partial charge in [-0.3, -0.25) is 4.84 Å². The highest BCUT2D eigenvalue weighted by Gasteiger charge is 2.21. The van der Waals surface area contributed by atoms with Gasteiger partial charge in [0.15, 0.2) is 5.82 Å². The van der Waals surface area contributed by atoms with Crippen molar-refractivity contribution in [3.63, 3.8) is 0 Å². The van der Waals surface area contributed by atoms with E-state index in [9.17, 15) is 0 Å². The van der Waals surface area contributed by atoms with Gasteiger partial charge in [-0.1, -0.05) is 6.92 Å². The van der Waals surface area contributed by atoms with Crippen LogP contribution in [0.3, 0.4) is 0 Å². The zero-order valence-electron chi connectivity index (χ0n) is 6.40. The summed E-state index contributed by atoms with van der Waals surface area (Å²) >= 11 is 0. The van der Waals surface area contributed by atoms with Crippen LogP contribution in [0.5, 0.6) is 0 Å². The minimum atomic E-state index is 0.199. The van der Waals surface area contributed by atoms with Crippen molar-refractivity contribution in [2.45, 2.75) is 19.4 Å². The Kier molecular flexibility index (Phi) is 1.51. The molecule has 0 amide bonds. The lowest BCUT2D eigenvalue weighted by atomic mass is 10.3. The first-order chi connectivity index (χ1) is 5.40. The fourth-order valence-electron chi connectivity index (χ4n) is 1.11. The van der Waals surface area contributed by atoms with Crippen LogP contribution in [-0.4, -0.2) is 17.4 Å². The fraction of sp³-hybridized carbons (Fsp3) is 0.375. The maximum absolute atomic E-state index is 5.45. The van der Waals surface area contributed by atoms with E-state index in [4.69, 9.17) is 4.84 Å². The van der Waals surface area contributed by atoms with Crippen molar-refractivity contribution in [1.29, 1.82) is 0 Å². The molecule has 0 fully saturated rings. The Morgan fingerprint density at radius 3 is 3.36 bits per heavy atom. The van der Waals surface area contributed by atoms with E-state index in [0.717, 1.165) is 12.2 Å². The van der Waals surface area contributed by atoms with Crippen molar-refractivity contribution in [3.8, 4) is 0 Å². The Balaban J connectivity index is 2.19. The SMILES string of the molecule is CCC1C=C2N=CC=CN2O1. The van der Waals surface area contributed by atoms with Crippen LogP contribution in [0.4, 0.5) is 0 Å². The molecule has 58 valence electrons. The predicted octanol–water partition coefficient (Wildman–Crippen LogP) is 1.45. The van der Waals surface area contributed by atoms with Gasteiger partial charge in [0, 0.05) is 12.4 Å². The molecular weight excluding hydrogens is 140 g/mol. The highest BCUT2D eigenvalue weighted by atomic mass is 16.7. The largest absolute Gasteiger partial charge is 0.260 e. The van der Waals surface area contributed by atoms with Gasteiger partial charge in [-0.15, -0.1) is 0 Å². The summed E-state index contributed by atoms with van der Waals surface area (Å²) in [7, 11) is 0. The standard InChI is InChI=1S/C8H10N2O/c1-2-7-6-8-9-4-3-5-10(8)11-7/h3-7H,2H2,1H3. The highest BCUT2D eigenvalue weighted by Crippen LogP contribution is 2.22. The maximum atomic E-state index is 5.45. The van der Waals surface area contributed by atoms with Crippen LogP contribution < -0.4 is 0 Å². The monoisotopic (exact) mass is 150 g/mol. The Bertz CT molecular complexity index is 242. The first-order valence-corrected chi connectivity index (χ1v) is 3.79. The topological polar surface area (TPSA) is 24.8 Å². The van der Waals surface area contributed by atoms with Crippen LogP contribution in [0, 0.1) is 0 Å². The smallest absolute Gasteiger partial charge is 0.155 e. The Morgan fingerprint density at radius 1 is 1.73 bits per heavy atom. The number of hydrogen-bond donors (Lipinski definition) is 0. The summed E-state index contributed by atoms with van der Waals surface area (Å²) in [5, 5.41) is 1.70.